The Morgan fingerprint density at radius 1 is 1.10 bits per heavy atom. The summed E-state index contributed by atoms with van der Waals surface area (Å²) in [6.07, 6.45) is 0. The number of carbonyl (C=O) groups is 1. The fourth-order valence-electron chi connectivity index (χ4n) is 1.61. The first-order chi connectivity index (χ1) is 10.1. The number of esters is 1. The lowest BCUT2D eigenvalue weighted by molar-refractivity contribution is -0.147. The summed E-state index contributed by atoms with van der Waals surface area (Å²) in [4.78, 5) is 11.5. The van der Waals surface area contributed by atoms with E-state index >= 15 is 0 Å². The lowest BCUT2D eigenvalue weighted by Gasteiger charge is -2.09. The van der Waals surface area contributed by atoms with Gasteiger partial charge < -0.3 is 15.2 Å². The molecule has 0 amide bonds. The Bertz CT molecular complexity index is 647. The average molecular weight is 293 g/mol. The monoisotopic (exact) mass is 293 g/mol. The third-order valence-electron chi connectivity index (χ3n) is 2.68. The molecule has 6 heteroatoms. The van der Waals surface area contributed by atoms with E-state index in [9.17, 15) is 13.6 Å². The molecule has 21 heavy (non-hydrogen) atoms. The van der Waals surface area contributed by atoms with Crippen LogP contribution in [0, 0.1) is 11.6 Å². The van der Waals surface area contributed by atoms with Crippen LogP contribution in [-0.4, -0.2) is 12.6 Å². The lowest BCUT2D eigenvalue weighted by Crippen LogP contribution is -2.15. The number of carbonyl (C=O) groups excluding carboxylic acids is 1. The normalized spacial score (nSPS) is 10.2. The van der Waals surface area contributed by atoms with E-state index in [2.05, 4.69) is 0 Å². The van der Waals surface area contributed by atoms with Gasteiger partial charge in [0, 0.05) is 5.56 Å². The van der Waals surface area contributed by atoms with Crippen LogP contribution in [-0.2, 0) is 16.1 Å². The Hall–Kier alpha value is -2.63. The highest BCUT2D eigenvalue weighted by molar-refractivity contribution is 5.71. The maximum atomic E-state index is 13.3. The highest BCUT2D eigenvalue weighted by Crippen LogP contribution is 2.19. The summed E-state index contributed by atoms with van der Waals surface area (Å²) in [5, 5.41) is 0. The molecule has 0 radical (unpaired) electrons. The molecule has 0 saturated heterocycles. The number of benzene rings is 2. The van der Waals surface area contributed by atoms with Gasteiger partial charge in [0.05, 0.1) is 5.69 Å². The zero-order chi connectivity index (χ0) is 15.2. The zero-order valence-electron chi connectivity index (χ0n) is 11.0. The predicted molar refractivity (Wildman–Crippen MR) is 72.5 cm³/mol. The van der Waals surface area contributed by atoms with Crippen molar-refractivity contribution in [2.45, 2.75) is 6.61 Å². The minimum atomic E-state index is -1.03. The van der Waals surface area contributed by atoms with Crippen LogP contribution in [0.2, 0.25) is 0 Å². The van der Waals surface area contributed by atoms with Gasteiger partial charge in [0.15, 0.2) is 18.2 Å². The molecule has 0 saturated carbocycles. The van der Waals surface area contributed by atoms with Gasteiger partial charge in [-0.15, -0.1) is 0 Å². The van der Waals surface area contributed by atoms with Crippen molar-refractivity contribution in [3.63, 3.8) is 0 Å². The number of rotatable bonds is 5. The first kappa shape index (κ1) is 14.8. The number of nitrogens with two attached hydrogens (primary N) is 1. The van der Waals surface area contributed by atoms with E-state index in [-0.39, 0.29) is 18.8 Å². The van der Waals surface area contributed by atoms with Gasteiger partial charge >= 0.3 is 5.97 Å². The molecule has 2 aromatic rings. The van der Waals surface area contributed by atoms with Crippen LogP contribution in [0.4, 0.5) is 14.5 Å². The highest BCUT2D eigenvalue weighted by Gasteiger charge is 2.11. The van der Waals surface area contributed by atoms with E-state index in [0.717, 1.165) is 6.07 Å². The molecule has 110 valence electrons. The topological polar surface area (TPSA) is 61.5 Å². The van der Waals surface area contributed by atoms with Crippen LogP contribution in [0.3, 0.4) is 0 Å². The fraction of sp³-hybridized carbons (Fsp3) is 0.133. The molecule has 0 bridgehead atoms. The van der Waals surface area contributed by atoms with E-state index in [0.29, 0.717) is 11.4 Å². The summed E-state index contributed by atoms with van der Waals surface area (Å²) in [5.74, 6) is -2.37. The first-order valence-electron chi connectivity index (χ1n) is 6.13. The summed E-state index contributed by atoms with van der Waals surface area (Å²) in [7, 11) is 0. The van der Waals surface area contributed by atoms with Crippen molar-refractivity contribution in [3.05, 3.63) is 59.7 Å². The quantitative estimate of drug-likeness (QED) is 0.680. The number of nitrogen functional groups attached to an aromatic ring is 1. The molecule has 2 rings (SSSR count). The summed E-state index contributed by atoms with van der Waals surface area (Å²) in [6.45, 7) is -0.735. The SMILES string of the molecule is Nc1ccccc1OCC(=O)OCc1cccc(F)c1F. The van der Waals surface area contributed by atoms with Crippen LogP contribution in [0.25, 0.3) is 0 Å². The molecule has 0 atom stereocenters. The average Bonchev–Trinajstić information content (AvgIpc) is 2.48. The first-order valence-corrected chi connectivity index (χ1v) is 6.13. The minimum absolute atomic E-state index is 0.0393. The molecule has 0 heterocycles. The van der Waals surface area contributed by atoms with E-state index in [1.165, 1.54) is 12.1 Å². The van der Waals surface area contributed by atoms with Crippen molar-refractivity contribution in [1.29, 1.82) is 0 Å². The molecule has 0 aliphatic carbocycles. The van der Waals surface area contributed by atoms with Crippen molar-refractivity contribution >= 4 is 11.7 Å². The number of anilines is 1. The zero-order valence-corrected chi connectivity index (χ0v) is 11.0. The summed E-state index contributed by atoms with van der Waals surface area (Å²) >= 11 is 0. The largest absolute Gasteiger partial charge is 0.480 e. The standard InChI is InChI=1S/C15H13F2NO3/c16-11-5-3-4-10(15(11)17)8-21-14(19)9-20-13-7-2-1-6-12(13)18/h1-7H,8-9,18H2. The maximum absolute atomic E-state index is 13.3. The molecule has 2 N–H and O–H groups in total. The predicted octanol–water partition coefficient (Wildman–Crippen LogP) is 2.67. The Morgan fingerprint density at radius 2 is 1.86 bits per heavy atom. The van der Waals surface area contributed by atoms with Gasteiger partial charge in [-0.05, 0) is 18.2 Å². The molecule has 0 aromatic heterocycles. The number of halogens is 2. The van der Waals surface area contributed by atoms with Crippen molar-refractivity contribution in [2.75, 3.05) is 12.3 Å². The number of hydrogen-bond donors (Lipinski definition) is 1. The number of ether oxygens (including phenoxy) is 2. The Balaban J connectivity index is 1.85. The molecule has 0 aliphatic heterocycles. The fourth-order valence-corrected chi connectivity index (χ4v) is 1.61. The second-order valence-corrected chi connectivity index (χ2v) is 4.20. The van der Waals surface area contributed by atoms with Crippen LogP contribution in [0.1, 0.15) is 5.56 Å². The molecule has 0 fully saturated rings. The van der Waals surface area contributed by atoms with Crippen molar-refractivity contribution in [1.82, 2.24) is 0 Å². The molecule has 0 spiro atoms. The van der Waals surface area contributed by atoms with Crippen LogP contribution in [0.15, 0.2) is 42.5 Å². The van der Waals surface area contributed by atoms with E-state index in [1.54, 1.807) is 24.3 Å². The highest BCUT2D eigenvalue weighted by atomic mass is 19.2. The van der Waals surface area contributed by atoms with Crippen LogP contribution < -0.4 is 10.5 Å². The molecule has 2 aromatic carbocycles. The second-order valence-electron chi connectivity index (χ2n) is 4.20. The van der Waals surface area contributed by atoms with Gasteiger partial charge in [-0.3, -0.25) is 0 Å². The van der Waals surface area contributed by atoms with E-state index < -0.39 is 17.6 Å². The van der Waals surface area contributed by atoms with Gasteiger partial charge in [0.2, 0.25) is 0 Å². The van der Waals surface area contributed by atoms with Crippen molar-refractivity contribution < 1.29 is 23.0 Å². The Labute approximate surface area is 120 Å². The summed E-state index contributed by atoms with van der Waals surface area (Å²) in [6, 6.07) is 10.3. The van der Waals surface area contributed by atoms with E-state index in [1.807, 2.05) is 0 Å². The Morgan fingerprint density at radius 3 is 2.62 bits per heavy atom. The number of hydrogen-bond acceptors (Lipinski definition) is 4. The van der Waals surface area contributed by atoms with Gasteiger partial charge in [0.1, 0.15) is 12.4 Å². The smallest absolute Gasteiger partial charge is 0.344 e. The van der Waals surface area contributed by atoms with Gasteiger partial charge in [-0.2, -0.15) is 0 Å². The molecule has 0 unspecified atom stereocenters. The second kappa shape index (κ2) is 6.69. The molecule has 4 nitrogen and oxygen atoms in total. The van der Waals surface area contributed by atoms with Crippen LogP contribution >= 0.6 is 0 Å². The summed E-state index contributed by atoms with van der Waals surface area (Å²) < 4.78 is 36.3. The molecular weight excluding hydrogens is 280 g/mol. The van der Waals surface area contributed by atoms with Gasteiger partial charge in [-0.25, -0.2) is 13.6 Å². The van der Waals surface area contributed by atoms with Crippen molar-refractivity contribution in [2.24, 2.45) is 0 Å². The third-order valence-corrected chi connectivity index (χ3v) is 2.68. The van der Waals surface area contributed by atoms with E-state index in [4.69, 9.17) is 15.2 Å². The lowest BCUT2D eigenvalue weighted by atomic mass is 10.2. The molecular formula is C15H13F2NO3. The van der Waals surface area contributed by atoms with Crippen molar-refractivity contribution in [3.8, 4) is 5.75 Å². The Kier molecular flexibility index (Phi) is 4.71. The van der Waals surface area contributed by atoms with Crippen LogP contribution in [0.5, 0.6) is 5.75 Å². The third kappa shape index (κ3) is 3.92. The molecule has 0 aliphatic rings. The maximum Gasteiger partial charge on any atom is 0.344 e. The van der Waals surface area contributed by atoms with Gasteiger partial charge in [-0.1, -0.05) is 24.3 Å². The van der Waals surface area contributed by atoms with Gasteiger partial charge in [0.25, 0.3) is 0 Å². The summed E-state index contributed by atoms with van der Waals surface area (Å²) in [5.41, 5.74) is 5.99. The minimum Gasteiger partial charge on any atom is -0.480 e. The number of para-hydroxylation sites is 2.